The topological polar surface area (TPSA) is 17.3 Å². The highest BCUT2D eigenvalue weighted by atomic mass is 79.9. The van der Waals surface area contributed by atoms with E-state index in [1.807, 2.05) is 22.9 Å². The number of imidazole rings is 1. The van der Waals surface area contributed by atoms with Crippen LogP contribution in [0.2, 0.25) is 0 Å². The van der Waals surface area contributed by atoms with Crippen LogP contribution in [0, 0.1) is 0 Å². The Hall–Kier alpha value is -0.830. The number of fused-ring (bicyclic) bond motifs is 1. The van der Waals surface area contributed by atoms with Crippen molar-refractivity contribution in [1.29, 1.82) is 0 Å². The Labute approximate surface area is 79.4 Å². The fourth-order valence-corrected chi connectivity index (χ4v) is 1.70. The molecule has 0 aromatic carbocycles. The van der Waals surface area contributed by atoms with Crippen molar-refractivity contribution >= 4 is 21.6 Å². The van der Waals surface area contributed by atoms with Crippen LogP contribution in [-0.2, 0) is 6.42 Å². The summed E-state index contributed by atoms with van der Waals surface area (Å²) in [5, 5.41) is 0. The van der Waals surface area contributed by atoms with E-state index >= 15 is 0 Å². The summed E-state index contributed by atoms with van der Waals surface area (Å²) in [5.74, 6) is 0. The molecule has 62 valence electrons. The highest BCUT2D eigenvalue weighted by molar-refractivity contribution is 9.10. The monoisotopic (exact) mass is 224 g/mol. The molecular weight excluding hydrogens is 216 g/mol. The zero-order chi connectivity index (χ0) is 8.55. The first-order chi connectivity index (χ1) is 5.83. The van der Waals surface area contributed by atoms with Gasteiger partial charge in [-0.1, -0.05) is 13.0 Å². The molecule has 0 radical (unpaired) electrons. The highest BCUT2D eigenvalue weighted by Gasteiger charge is 2.02. The maximum absolute atomic E-state index is 4.31. The third kappa shape index (κ3) is 1.05. The van der Waals surface area contributed by atoms with Crippen LogP contribution in [0.15, 0.2) is 29.1 Å². The van der Waals surface area contributed by atoms with E-state index in [2.05, 4.69) is 33.9 Å². The van der Waals surface area contributed by atoms with Gasteiger partial charge < -0.3 is 0 Å². The molecule has 0 N–H and O–H groups in total. The molecule has 2 aromatic rings. The van der Waals surface area contributed by atoms with Crippen molar-refractivity contribution in [3.63, 3.8) is 0 Å². The van der Waals surface area contributed by atoms with Crippen molar-refractivity contribution in [2.24, 2.45) is 0 Å². The van der Waals surface area contributed by atoms with Crippen molar-refractivity contribution < 1.29 is 0 Å². The molecule has 3 heteroatoms. The average Bonchev–Trinajstić information content (AvgIpc) is 2.48. The quantitative estimate of drug-likeness (QED) is 0.729. The molecule has 2 nitrogen and oxygen atoms in total. The molecule has 0 spiro atoms. The van der Waals surface area contributed by atoms with Gasteiger partial charge in [-0.05, 0) is 34.0 Å². The zero-order valence-electron chi connectivity index (χ0n) is 6.79. The SMILES string of the molecule is CCc1cccn2c(Br)cnc12. The first kappa shape index (κ1) is 7.80. The molecule has 12 heavy (non-hydrogen) atoms. The number of halogens is 1. The van der Waals surface area contributed by atoms with Gasteiger partial charge in [-0.15, -0.1) is 0 Å². The minimum absolute atomic E-state index is 1.01. The number of aromatic nitrogens is 2. The van der Waals surface area contributed by atoms with Gasteiger partial charge >= 0.3 is 0 Å². The van der Waals surface area contributed by atoms with Crippen LogP contribution in [0.5, 0.6) is 0 Å². The van der Waals surface area contributed by atoms with Gasteiger partial charge in [0.2, 0.25) is 0 Å². The Bertz CT molecular complexity index is 406. The summed E-state index contributed by atoms with van der Waals surface area (Å²) >= 11 is 3.43. The summed E-state index contributed by atoms with van der Waals surface area (Å²) in [4.78, 5) is 4.31. The van der Waals surface area contributed by atoms with Crippen LogP contribution < -0.4 is 0 Å². The molecule has 0 saturated carbocycles. The number of hydrogen-bond donors (Lipinski definition) is 0. The van der Waals surface area contributed by atoms with Gasteiger partial charge in [0.05, 0.1) is 6.20 Å². The Kier molecular flexibility index (Phi) is 1.89. The average molecular weight is 225 g/mol. The van der Waals surface area contributed by atoms with Crippen LogP contribution in [0.1, 0.15) is 12.5 Å². The van der Waals surface area contributed by atoms with E-state index in [0.717, 1.165) is 16.7 Å². The fraction of sp³-hybridized carbons (Fsp3) is 0.222. The van der Waals surface area contributed by atoms with Crippen LogP contribution in [-0.4, -0.2) is 9.38 Å². The molecule has 0 aliphatic heterocycles. The summed E-state index contributed by atoms with van der Waals surface area (Å²) in [5.41, 5.74) is 2.33. The van der Waals surface area contributed by atoms with Crippen LogP contribution in [0.3, 0.4) is 0 Å². The standard InChI is InChI=1S/C9H9BrN2/c1-2-7-4-3-5-12-8(10)6-11-9(7)12/h3-6H,2H2,1H3. The molecule has 2 rings (SSSR count). The van der Waals surface area contributed by atoms with Gasteiger partial charge in [0.1, 0.15) is 10.3 Å². The lowest BCUT2D eigenvalue weighted by molar-refractivity contribution is 1.07. The Morgan fingerprint density at radius 1 is 1.58 bits per heavy atom. The van der Waals surface area contributed by atoms with Gasteiger partial charge in [-0.3, -0.25) is 4.40 Å². The summed E-state index contributed by atoms with van der Waals surface area (Å²) < 4.78 is 3.05. The lowest BCUT2D eigenvalue weighted by atomic mass is 10.2. The van der Waals surface area contributed by atoms with E-state index in [9.17, 15) is 0 Å². The summed E-state index contributed by atoms with van der Waals surface area (Å²) in [6.45, 7) is 2.14. The molecule has 0 saturated heterocycles. The first-order valence-corrected chi connectivity index (χ1v) is 4.72. The number of aryl methyl sites for hydroxylation is 1. The van der Waals surface area contributed by atoms with E-state index in [1.165, 1.54) is 5.56 Å². The molecule has 0 amide bonds. The van der Waals surface area contributed by atoms with Gasteiger partial charge in [-0.2, -0.15) is 0 Å². The van der Waals surface area contributed by atoms with Crippen molar-refractivity contribution in [2.45, 2.75) is 13.3 Å². The summed E-state index contributed by atoms with van der Waals surface area (Å²) in [6.07, 6.45) is 4.86. The van der Waals surface area contributed by atoms with Crippen molar-refractivity contribution in [3.8, 4) is 0 Å². The van der Waals surface area contributed by atoms with Crippen molar-refractivity contribution in [3.05, 3.63) is 34.7 Å². The zero-order valence-corrected chi connectivity index (χ0v) is 8.37. The molecule has 2 aromatic heterocycles. The third-order valence-corrected chi connectivity index (χ3v) is 2.54. The number of hydrogen-bond acceptors (Lipinski definition) is 1. The second-order valence-corrected chi connectivity index (χ2v) is 3.47. The summed E-state index contributed by atoms with van der Waals surface area (Å²) in [7, 11) is 0. The molecule has 2 heterocycles. The lowest BCUT2D eigenvalue weighted by Crippen LogP contribution is -1.89. The minimum Gasteiger partial charge on any atom is -0.294 e. The predicted octanol–water partition coefficient (Wildman–Crippen LogP) is 2.66. The Morgan fingerprint density at radius 3 is 3.17 bits per heavy atom. The number of rotatable bonds is 1. The molecule has 0 unspecified atom stereocenters. The van der Waals surface area contributed by atoms with Gasteiger partial charge in [0.15, 0.2) is 0 Å². The molecular formula is C9H9BrN2. The first-order valence-electron chi connectivity index (χ1n) is 3.93. The van der Waals surface area contributed by atoms with Gasteiger partial charge in [0.25, 0.3) is 0 Å². The van der Waals surface area contributed by atoms with Crippen LogP contribution in [0.4, 0.5) is 0 Å². The van der Waals surface area contributed by atoms with E-state index in [4.69, 9.17) is 0 Å². The number of pyridine rings is 1. The lowest BCUT2D eigenvalue weighted by Gasteiger charge is -1.99. The maximum Gasteiger partial charge on any atom is 0.140 e. The second kappa shape index (κ2) is 2.90. The van der Waals surface area contributed by atoms with E-state index in [0.29, 0.717) is 0 Å². The fourth-order valence-electron chi connectivity index (χ4n) is 1.32. The molecule has 0 atom stereocenters. The maximum atomic E-state index is 4.31. The Balaban J connectivity index is 2.81. The molecule has 0 aliphatic rings. The molecule has 0 fully saturated rings. The predicted molar refractivity (Wildman–Crippen MR) is 52.3 cm³/mol. The minimum atomic E-state index is 1.01. The van der Waals surface area contributed by atoms with E-state index in [1.54, 1.807) is 0 Å². The highest BCUT2D eigenvalue weighted by Crippen LogP contribution is 2.16. The molecule has 0 aliphatic carbocycles. The normalized spacial score (nSPS) is 10.8. The van der Waals surface area contributed by atoms with Gasteiger partial charge in [0, 0.05) is 6.20 Å². The van der Waals surface area contributed by atoms with Crippen molar-refractivity contribution in [1.82, 2.24) is 9.38 Å². The Morgan fingerprint density at radius 2 is 2.42 bits per heavy atom. The van der Waals surface area contributed by atoms with Crippen LogP contribution in [0.25, 0.3) is 5.65 Å². The van der Waals surface area contributed by atoms with E-state index < -0.39 is 0 Å². The molecule has 0 bridgehead atoms. The third-order valence-electron chi connectivity index (χ3n) is 1.95. The number of nitrogens with zero attached hydrogens (tertiary/aromatic N) is 2. The second-order valence-electron chi connectivity index (χ2n) is 2.66. The largest absolute Gasteiger partial charge is 0.294 e. The van der Waals surface area contributed by atoms with Crippen LogP contribution >= 0.6 is 15.9 Å². The van der Waals surface area contributed by atoms with E-state index in [-0.39, 0.29) is 0 Å². The van der Waals surface area contributed by atoms with Crippen molar-refractivity contribution in [2.75, 3.05) is 0 Å². The smallest absolute Gasteiger partial charge is 0.140 e. The summed E-state index contributed by atoms with van der Waals surface area (Å²) in [6, 6.07) is 4.15. The van der Waals surface area contributed by atoms with Gasteiger partial charge in [-0.25, -0.2) is 4.98 Å².